The van der Waals surface area contributed by atoms with Crippen LogP contribution in [0.2, 0.25) is 0 Å². The zero-order valence-corrected chi connectivity index (χ0v) is 10.9. The van der Waals surface area contributed by atoms with E-state index >= 15 is 0 Å². The summed E-state index contributed by atoms with van der Waals surface area (Å²) in [6.45, 7) is 3.44. The number of rotatable bonds is 2. The SMILES string of the molecule is CC1(NC(=O)c2ccncc2C#CCN)CCOC1. The van der Waals surface area contributed by atoms with Crippen LogP contribution >= 0.6 is 0 Å². The minimum atomic E-state index is -0.307. The molecule has 1 aromatic heterocycles. The Morgan fingerprint density at radius 2 is 2.53 bits per heavy atom. The summed E-state index contributed by atoms with van der Waals surface area (Å²) in [5.41, 5.74) is 6.15. The monoisotopic (exact) mass is 259 g/mol. The van der Waals surface area contributed by atoms with Gasteiger partial charge in [0.2, 0.25) is 0 Å². The van der Waals surface area contributed by atoms with Crippen LogP contribution in [0.4, 0.5) is 0 Å². The summed E-state index contributed by atoms with van der Waals surface area (Å²) in [6.07, 6.45) is 3.97. The van der Waals surface area contributed by atoms with Gasteiger partial charge in [0.25, 0.3) is 5.91 Å². The van der Waals surface area contributed by atoms with Gasteiger partial charge in [0.1, 0.15) is 0 Å². The van der Waals surface area contributed by atoms with E-state index in [1.165, 1.54) is 0 Å². The van der Waals surface area contributed by atoms with Crippen LogP contribution in [0.3, 0.4) is 0 Å². The summed E-state index contributed by atoms with van der Waals surface area (Å²) < 4.78 is 5.32. The van der Waals surface area contributed by atoms with Crippen molar-refractivity contribution in [3.05, 3.63) is 29.6 Å². The first-order valence-corrected chi connectivity index (χ1v) is 6.18. The van der Waals surface area contributed by atoms with Crippen molar-refractivity contribution in [3.8, 4) is 11.8 Å². The second kappa shape index (κ2) is 5.83. The van der Waals surface area contributed by atoms with Crippen LogP contribution in [0, 0.1) is 11.8 Å². The standard InChI is InChI=1S/C14H17N3O2/c1-14(5-8-19-10-14)17-13(18)12-4-7-16-9-11(12)3-2-6-15/h4,7,9H,5-6,8,10,15H2,1H3,(H,17,18). The van der Waals surface area contributed by atoms with Crippen molar-refractivity contribution >= 4 is 5.91 Å². The van der Waals surface area contributed by atoms with Gasteiger partial charge in [0.05, 0.1) is 29.8 Å². The molecule has 100 valence electrons. The smallest absolute Gasteiger partial charge is 0.253 e. The van der Waals surface area contributed by atoms with Crippen molar-refractivity contribution in [2.24, 2.45) is 5.73 Å². The van der Waals surface area contributed by atoms with E-state index in [1.807, 2.05) is 6.92 Å². The molecule has 0 aliphatic carbocycles. The average molecular weight is 259 g/mol. The Labute approximate surface area is 112 Å². The van der Waals surface area contributed by atoms with Gasteiger partial charge in [0, 0.05) is 19.0 Å². The highest BCUT2D eigenvalue weighted by molar-refractivity contribution is 5.97. The normalized spacial score (nSPS) is 21.6. The molecule has 1 aliphatic heterocycles. The van der Waals surface area contributed by atoms with Gasteiger partial charge in [-0.2, -0.15) is 0 Å². The molecule has 5 heteroatoms. The first-order chi connectivity index (χ1) is 9.14. The van der Waals surface area contributed by atoms with Gasteiger partial charge in [-0.1, -0.05) is 11.8 Å². The van der Waals surface area contributed by atoms with E-state index in [4.69, 9.17) is 10.5 Å². The first-order valence-electron chi connectivity index (χ1n) is 6.18. The molecule has 1 fully saturated rings. The Balaban J connectivity index is 2.19. The quantitative estimate of drug-likeness (QED) is 0.749. The lowest BCUT2D eigenvalue weighted by Crippen LogP contribution is -2.46. The van der Waals surface area contributed by atoms with Gasteiger partial charge in [-0.05, 0) is 19.4 Å². The van der Waals surface area contributed by atoms with Crippen LogP contribution in [-0.2, 0) is 4.74 Å². The van der Waals surface area contributed by atoms with Gasteiger partial charge in [0.15, 0.2) is 0 Å². The molecule has 1 aromatic rings. The number of aromatic nitrogens is 1. The lowest BCUT2D eigenvalue weighted by Gasteiger charge is -2.23. The maximum Gasteiger partial charge on any atom is 0.253 e. The summed E-state index contributed by atoms with van der Waals surface area (Å²) in [5.74, 6) is 5.44. The fourth-order valence-electron chi connectivity index (χ4n) is 1.95. The molecular formula is C14H17N3O2. The fourth-order valence-corrected chi connectivity index (χ4v) is 1.95. The predicted molar refractivity (Wildman–Crippen MR) is 71.5 cm³/mol. The zero-order chi connectivity index (χ0) is 13.7. The van der Waals surface area contributed by atoms with Crippen LogP contribution in [0.25, 0.3) is 0 Å². The minimum absolute atomic E-state index is 0.156. The molecule has 1 atom stereocenters. The lowest BCUT2D eigenvalue weighted by atomic mass is 10.0. The van der Waals surface area contributed by atoms with Crippen molar-refractivity contribution in [3.63, 3.8) is 0 Å². The maximum atomic E-state index is 12.3. The van der Waals surface area contributed by atoms with Crippen molar-refractivity contribution in [2.45, 2.75) is 18.9 Å². The van der Waals surface area contributed by atoms with Gasteiger partial charge in [-0.3, -0.25) is 9.78 Å². The largest absolute Gasteiger partial charge is 0.379 e. The number of amides is 1. The topological polar surface area (TPSA) is 77.2 Å². The minimum Gasteiger partial charge on any atom is -0.379 e. The van der Waals surface area contributed by atoms with E-state index in [1.54, 1.807) is 18.5 Å². The molecule has 5 nitrogen and oxygen atoms in total. The predicted octanol–water partition coefficient (Wildman–Crippen LogP) is 0.301. The first kappa shape index (κ1) is 13.5. The Morgan fingerprint density at radius 1 is 1.68 bits per heavy atom. The molecule has 1 saturated heterocycles. The highest BCUT2D eigenvalue weighted by Gasteiger charge is 2.31. The third-order valence-corrected chi connectivity index (χ3v) is 3.02. The maximum absolute atomic E-state index is 12.3. The molecule has 1 aliphatic rings. The Bertz CT molecular complexity index is 525. The highest BCUT2D eigenvalue weighted by Crippen LogP contribution is 2.18. The molecule has 0 spiro atoms. The second-order valence-corrected chi connectivity index (χ2v) is 4.74. The number of carbonyl (C=O) groups excluding carboxylic acids is 1. The molecule has 3 N–H and O–H groups in total. The van der Waals surface area contributed by atoms with E-state index in [9.17, 15) is 4.79 Å². The van der Waals surface area contributed by atoms with E-state index in [0.29, 0.717) is 24.3 Å². The molecule has 1 unspecified atom stereocenters. The van der Waals surface area contributed by atoms with Gasteiger partial charge < -0.3 is 15.8 Å². The number of hydrogen-bond donors (Lipinski definition) is 2. The van der Waals surface area contributed by atoms with Crippen molar-refractivity contribution in [1.82, 2.24) is 10.3 Å². The van der Waals surface area contributed by atoms with Crippen LogP contribution < -0.4 is 11.1 Å². The number of carbonyl (C=O) groups is 1. The van der Waals surface area contributed by atoms with Crippen molar-refractivity contribution in [1.29, 1.82) is 0 Å². The fraction of sp³-hybridized carbons (Fsp3) is 0.429. The number of hydrogen-bond acceptors (Lipinski definition) is 4. The third kappa shape index (κ3) is 3.31. The molecule has 1 amide bonds. The van der Waals surface area contributed by atoms with E-state index < -0.39 is 0 Å². The Hall–Kier alpha value is -1.90. The Morgan fingerprint density at radius 3 is 3.21 bits per heavy atom. The number of nitrogens with one attached hydrogen (secondary N) is 1. The van der Waals surface area contributed by atoms with Crippen LogP contribution in [0.15, 0.2) is 18.5 Å². The second-order valence-electron chi connectivity index (χ2n) is 4.74. The molecular weight excluding hydrogens is 242 g/mol. The zero-order valence-electron chi connectivity index (χ0n) is 10.9. The van der Waals surface area contributed by atoms with Crippen LogP contribution in [-0.4, -0.2) is 36.2 Å². The van der Waals surface area contributed by atoms with Gasteiger partial charge in [-0.15, -0.1) is 0 Å². The van der Waals surface area contributed by atoms with Crippen LogP contribution in [0.1, 0.15) is 29.3 Å². The average Bonchev–Trinajstić information content (AvgIpc) is 2.83. The number of pyridine rings is 1. The van der Waals surface area contributed by atoms with Gasteiger partial charge in [-0.25, -0.2) is 0 Å². The number of nitrogens with two attached hydrogens (primary N) is 1. The molecule has 19 heavy (non-hydrogen) atoms. The van der Waals surface area contributed by atoms with E-state index in [0.717, 1.165) is 6.42 Å². The molecule has 0 radical (unpaired) electrons. The summed E-state index contributed by atoms with van der Waals surface area (Å²) in [6, 6.07) is 1.66. The van der Waals surface area contributed by atoms with Crippen molar-refractivity contribution < 1.29 is 9.53 Å². The molecule has 0 saturated carbocycles. The molecule has 0 bridgehead atoms. The Kier molecular flexibility index (Phi) is 4.15. The summed E-state index contributed by atoms with van der Waals surface area (Å²) in [5, 5.41) is 3.00. The summed E-state index contributed by atoms with van der Waals surface area (Å²) in [4.78, 5) is 16.3. The third-order valence-electron chi connectivity index (χ3n) is 3.02. The summed E-state index contributed by atoms with van der Waals surface area (Å²) >= 11 is 0. The molecule has 2 rings (SSSR count). The van der Waals surface area contributed by atoms with Crippen molar-refractivity contribution in [2.75, 3.05) is 19.8 Å². The molecule has 0 aromatic carbocycles. The van der Waals surface area contributed by atoms with E-state index in [2.05, 4.69) is 22.1 Å². The highest BCUT2D eigenvalue weighted by atomic mass is 16.5. The lowest BCUT2D eigenvalue weighted by molar-refractivity contribution is 0.0889. The van der Waals surface area contributed by atoms with Gasteiger partial charge >= 0.3 is 0 Å². The van der Waals surface area contributed by atoms with E-state index in [-0.39, 0.29) is 18.0 Å². The van der Waals surface area contributed by atoms with Crippen LogP contribution in [0.5, 0.6) is 0 Å². The number of nitrogens with zero attached hydrogens (tertiary/aromatic N) is 1. The number of ether oxygens (including phenoxy) is 1. The summed E-state index contributed by atoms with van der Waals surface area (Å²) in [7, 11) is 0. The molecule has 2 heterocycles.